The zero-order valence-electron chi connectivity index (χ0n) is 15.8. The van der Waals surface area contributed by atoms with Crippen molar-refractivity contribution in [3.8, 4) is 5.75 Å². The number of hydrogen-bond acceptors (Lipinski definition) is 4. The third kappa shape index (κ3) is 5.87. The van der Waals surface area contributed by atoms with Gasteiger partial charge in [-0.3, -0.25) is 4.79 Å². The number of nitrogens with one attached hydrogen (secondary N) is 2. The number of carbonyl (C=O) groups is 1. The Labute approximate surface area is 178 Å². The smallest absolute Gasteiger partial charge is 0.224 e. The van der Waals surface area contributed by atoms with E-state index >= 15 is 0 Å². The number of amides is 1. The van der Waals surface area contributed by atoms with Crippen LogP contribution in [0.1, 0.15) is 32.1 Å². The fourth-order valence-corrected chi connectivity index (χ4v) is 4.18. The third-order valence-electron chi connectivity index (χ3n) is 5.37. The topological polar surface area (TPSA) is 68.2 Å². The van der Waals surface area contributed by atoms with Gasteiger partial charge in [0.1, 0.15) is 12.4 Å². The van der Waals surface area contributed by atoms with Gasteiger partial charge in [-0.15, -0.1) is 24.8 Å². The highest BCUT2D eigenvalue weighted by Crippen LogP contribution is 2.33. The van der Waals surface area contributed by atoms with Gasteiger partial charge >= 0.3 is 0 Å². The summed E-state index contributed by atoms with van der Waals surface area (Å²) >= 11 is 0. The first-order chi connectivity index (χ1) is 12.8. The van der Waals surface area contributed by atoms with E-state index in [0.717, 1.165) is 25.1 Å². The number of hydrogen-bond donors (Lipinski definition) is 2. The summed E-state index contributed by atoms with van der Waals surface area (Å²) in [6.45, 7) is 1.25. The number of aromatic nitrogens is 2. The Morgan fingerprint density at radius 1 is 1.21 bits per heavy atom. The molecule has 1 aromatic heterocycles. The molecule has 2 saturated heterocycles. The summed E-state index contributed by atoms with van der Waals surface area (Å²) in [5, 5.41) is 6.68. The van der Waals surface area contributed by atoms with E-state index in [1.54, 1.807) is 12.5 Å². The second-order valence-corrected chi connectivity index (χ2v) is 7.37. The first-order valence-electron chi connectivity index (χ1n) is 9.50. The minimum absolute atomic E-state index is 0. The van der Waals surface area contributed by atoms with Crippen LogP contribution in [0.4, 0.5) is 5.69 Å². The molecule has 2 atom stereocenters. The van der Waals surface area contributed by atoms with Crippen molar-refractivity contribution in [1.29, 1.82) is 0 Å². The number of carbonyl (C=O) groups excluding carboxylic acids is 1. The van der Waals surface area contributed by atoms with Gasteiger partial charge in [0.05, 0.1) is 18.6 Å². The SMILES string of the molecule is Cl.Cl.O=C(CC1CC2CCC(C1)N2)Nc1ccccc1OCCn1ccnc1. The molecular formula is C20H28Cl2N4O2. The summed E-state index contributed by atoms with van der Waals surface area (Å²) in [6.07, 6.45) is 10.8. The Morgan fingerprint density at radius 2 is 1.96 bits per heavy atom. The third-order valence-corrected chi connectivity index (χ3v) is 5.37. The predicted octanol–water partition coefficient (Wildman–Crippen LogP) is 3.66. The molecule has 2 unspecified atom stereocenters. The van der Waals surface area contributed by atoms with Crippen LogP contribution in [-0.2, 0) is 11.3 Å². The Hall–Kier alpha value is -1.76. The molecule has 2 fully saturated rings. The summed E-state index contributed by atoms with van der Waals surface area (Å²) < 4.78 is 7.84. The van der Waals surface area contributed by atoms with Crippen molar-refractivity contribution in [2.75, 3.05) is 11.9 Å². The number of para-hydroxylation sites is 2. The van der Waals surface area contributed by atoms with E-state index in [1.807, 2.05) is 35.0 Å². The molecule has 154 valence electrons. The van der Waals surface area contributed by atoms with Crippen molar-refractivity contribution in [2.24, 2.45) is 5.92 Å². The number of piperidine rings is 1. The van der Waals surface area contributed by atoms with Gasteiger partial charge < -0.3 is 19.9 Å². The maximum absolute atomic E-state index is 12.5. The fraction of sp³-hybridized carbons (Fsp3) is 0.500. The van der Waals surface area contributed by atoms with E-state index in [1.165, 1.54) is 12.8 Å². The number of ether oxygens (including phenoxy) is 1. The number of benzene rings is 1. The van der Waals surface area contributed by atoms with Crippen LogP contribution in [0, 0.1) is 5.92 Å². The fourth-order valence-electron chi connectivity index (χ4n) is 4.18. The van der Waals surface area contributed by atoms with Crippen LogP contribution in [0.3, 0.4) is 0 Å². The molecule has 3 heterocycles. The summed E-state index contributed by atoms with van der Waals surface area (Å²) in [4.78, 5) is 16.5. The molecule has 28 heavy (non-hydrogen) atoms. The summed E-state index contributed by atoms with van der Waals surface area (Å²) in [6, 6.07) is 8.87. The molecule has 6 nitrogen and oxygen atoms in total. The molecule has 0 spiro atoms. The van der Waals surface area contributed by atoms with Gasteiger partial charge in [0.25, 0.3) is 0 Å². The largest absolute Gasteiger partial charge is 0.490 e. The molecule has 8 heteroatoms. The van der Waals surface area contributed by atoms with Crippen molar-refractivity contribution >= 4 is 36.4 Å². The lowest BCUT2D eigenvalue weighted by atomic mass is 9.89. The van der Waals surface area contributed by atoms with Gasteiger partial charge in [0.2, 0.25) is 5.91 Å². The summed E-state index contributed by atoms with van der Waals surface area (Å²) in [5.74, 6) is 1.29. The Morgan fingerprint density at radius 3 is 2.68 bits per heavy atom. The normalized spacial score (nSPS) is 22.6. The number of halogens is 2. The number of rotatable bonds is 7. The van der Waals surface area contributed by atoms with Crippen molar-refractivity contribution in [3.05, 3.63) is 43.0 Å². The van der Waals surface area contributed by atoms with Gasteiger partial charge in [0.15, 0.2) is 0 Å². The van der Waals surface area contributed by atoms with Gasteiger partial charge in [-0.25, -0.2) is 4.98 Å². The summed E-state index contributed by atoms with van der Waals surface area (Å²) in [5.41, 5.74) is 0.750. The lowest BCUT2D eigenvalue weighted by Crippen LogP contribution is -2.39. The van der Waals surface area contributed by atoms with Crippen LogP contribution in [-0.4, -0.2) is 34.1 Å². The Bertz CT molecular complexity index is 730. The molecule has 2 bridgehead atoms. The molecule has 1 amide bonds. The van der Waals surface area contributed by atoms with Crippen LogP contribution < -0.4 is 15.4 Å². The number of fused-ring (bicyclic) bond motifs is 2. The molecule has 0 radical (unpaired) electrons. The minimum atomic E-state index is 0. The maximum Gasteiger partial charge on any atom is 0.224 e. The van der Waals surface area contributed by atoms with Crippen molar-refractivity contribution in [2.45, 2.75) is 50.7 Å². The second-order valence-electron chi connectivity index (χ2n) is 7.37. The highest BCUT2D eigenvalue weighted by molar-refractivity contribution is 5.92. The van der Waals surface area contributed by atoms with Crippen LogP contribution in [0.25, 0.3) is 0 Å². The minimum Gasteiger partial charge on any atom is -0.490 e. The highest BCUT2D eigenvalue weighted by Gasteiger charge is 2.34. The Kier molecular flexibility index (Phi) is 8.60. The summed E-state index contributed by atoms with van der Waals surface area (Å²) in [7, 11) is 0. The number of anilines is 1. The van der Waals surface area contributed by atoms with Crippen molar-refractivity contribution in [3.63, 3.8) is 0 Å². The molecule has 2 N–H and O–H groups in total. The lowest BCUT2D eigenvalue weighted by Gasteiger charge is -2.28. The molecule has 2 aliphatic heterocycles. The second kappa shape index (κ2) is 10.7. The highest BCUT2D eigenvalue weighted by atomic mass is 35.5. The van der Waals surface area contributed by atoms with Crippen LogP contribution in [0.15, 0.2) is 43.0 Å². The molecule has 2 aliphatic rings. The van der Waals surface area contributed by atoms with Gasteiger partial charge in [-0.1, -0.05) is 12.1 Å². The van der Waals surface area contributed by atoms with E-state index in [4.69, 9.17) is 4.74 Å². The number of nitrogens with zero attached hydrogens (tertiary/aromatic N) is 2. The van der Waals surface area contributed by atoms with Crippen LogP contribution in [0.5, 0.6) is 5.75 Å². The zero-order chi connectivity index (χ0) is 17.8. The number of imidazole rings is 1. The van der Waals surface area contributed by atoms with Crippen molar-refractivity contribution in [1.82, 2.24) is 14.9 Å². The molecule has 0 saturated carbocycles. The lowest BCUT2D eigenvalue weighted by molar-refractivity contribution is -0.117. The zero-order valence-corrected chi connectivity index (χ0v) is 17.4. The van der Waals surface area contributed by atoms with Gasteiger partial charge in [-0.05, 0) is 43.7 Å². The van der Waals surface area contributed by atoms with Crippen LogP contribution >= 0.6 is 24.8 Å². The quantitative estimate of drug-likeness (QED) is 0.708. The first kappa shape index (κ1) is 22.5. The Balaban J connectivity index is 0.00000140. The average molecular weight is 427 g/mol. The molecule has 4 rings (SSSR count). The maximum atomic E-state index is 12.5. The monoisotopic (exact) mass is 426 g/mol. The van der Waals surface area contributed by atoms with E-state index in [-0.39, 0.29) is 30.7 Å². The van der Waals surface area contributed by atoms with E-state index in [2.05, 4.69) is 15.6 Å². The first-order valence-corrected chi connectivity index (χ1v) is 9.50. The molecule has 0 aliphatic carbocycles. The predicted molar refractivity (Wildman–Crippen MR) is 115 cm³/mol. The standard InChI is InChI=1S/C20H26N4O2.2ClH/c25-20(13-15-11-16-5-6-17(12-15)22-16)23-18-3-1-2-4-19(18)26-10-9-24-8-7-21-14-24;;/h1-4,7-8,14-17,22H,5-6,9-13H2,(H,23,25);2*1H. The molecule has 2 aromatic rings. The van der Waals surface area contributed by atoms with Crippen molar-refractivity contribution < 1.29 is 9.53 Å². The molecular weight excluding hydrogens is 399 g/mol. The van der Waals surface area contributed by atoms with Gasteiger partial charge in [0, 0.05) is 30.9 Å². The van der Waals surface area contributed by atoms with E-state index in [0.29, 0.717) is 36.8 Å². The molecule has 1 aromatic carbocycles. The average Bonchev–Trinajstić information content (AvgIpc) is 3.26. The van der Waals surface area contributed by atoms with Gasteiger partial charge in [-0.2, -0.15) is 0 Å². The van der Waals surface area contributed by atoms with E-state index in [9.17, 15) is 4.79 Å². The van der Waals surface area contributed by atoms with Crippen LogP contribution in [0.2, 0.25) is 0 Å². The van der Waals surface area contributed by atoms with E-state index < -0.39 is 0 Å².